The van der Waals surface area contributed by atoms with Crippen molar-refractivity contribution >= 4 is 12.0 Å². The molecule has 2 amide bonds. The van der Waals surface area contributed by atoms with Gasteiger partial charge in [-0.15, -0.1) is 0 Å². The Morgan fingerprint density at radius 2 is 2.00 bits per heavy atom. The Morgan fingerprint density at radius 3 is 2.44 bits per heavy atom. The summed E-state index contributed by atoms with van der Waals surface area (Å²) in [6, 6.07) is -1.38. The van der Waals surface area contributed by atoms with Gasteiger partial charge in [-0.05, 0) is 27.2 Å². The van der Waals surface area contributed by atoms with E-state index < -0.39 is 18.0 Å². The van der Waals surface area contributed by atoms with Gasteiger partial charge >= 0.3 is 12.0 Å². The highest BCUT2D eigenvalue weighted by Crippen LogP contribution is 2.11. The number of hydrogen-bond donors (Lipinski definition) is 3. The van der Waals surface area contributed by atoms with E-state index in [2.05, 4.69) is 10.6 Å². The van der Waals surface area contributed by atoms with E-state index in [4.69, 9.17) is 9.84 Å². The molecule has 0 aromatic heterocycles. The molecule has 0 bridgehead atoms. The van der Waals surface area contributed by atoms with Crippen LogP contribution in [0, 0.1) is 0 Å². The number of ether oxygens (including phenoxy) is 1. The van der Waals surface area contributed by atoms with E-state index in [0.29, 0.717) is 13.0 Å². The molecule has 0 aliphatic rings. The number of amides is 2. The molecule has 0 heterocycles. The molecule has 0 saturated carbocycles. The van der Waals surface area contributed by atoms with E-state index >= 15 is 0 Å². The zero-order valence-electron chi connectivity index (χ0n) is 10.2. The molecular weight excluding hydrogens is 212 g/mol. The Bertz CT molecular complexity index is 253. The molecule has 6 heteroatoms. The molecule has 0 rings (SSSR count). The molecule has 0 saturated heterocycles. The fraction of sp³-hybridized carbons (Fsp3) is 0.800. The first kappa shape index (κ1) is 14.7. The van der Waals surface area contributed by atoms with Crippen molar-refractivity contribution in [2.45, 2.75) is 38.8 Å². The third-order valence-electron chi connectivity index (χ3n) is 2.28. The normalized spacial score (nSPS) is 13.0. The summed E-state index contributed by atoms with van der Waals surface area (Å²) in [4.78, 5) is 21.7. The second-order valence-electron chi connectivity index (χ2n) is 4.17. The van der Waals surface area contributed by atoms with Gasteiger partial charge in [0, 0.05) is 13.7 Å². The minimum atomic E-state index is -1.06. The van der Waals surface area contributed by atoms with Crippen LogP contribution in [0.5, 0.6) is 0 Å². The van der Waals surface area contributed by atoms with Crippen LogP contribution in [-0.4, -0.2) is 42.4 Å². The highest BCUT2D eigenvalue weighted by molar-refractivity contribution is 5.82. The van der Waals surface area contributed by atoms with E-state index in [1.54, 1.807) is 7.11 Å². The van der Waals surface area contributed by atoms with E-state index in [9.17, 15) is 9.59 Å². The molecule has 0 aromatic carbocycles. The smallest absolute Gasteiger partial charge is 0.325 e. The monoisotopic (exact) mass is 232 g/mol. The summed E-state index contributed by atoms with van der Waals surface area (Å²) in [6.07, 6.45) is 0.651. The first-order valence-corrected chi connectivity index (χ1v) is 5.11. The Kier molecular flexibility index (Phi) is 5.81. The number of carbonyl (C=O) groups is 2. The van der Waals surface area contributed by atoms with Crippen LogP contribution in [-0.2, 0) is 9.53 Å². The Morgan fingerprint density at radius 1 is 1.44 bits per heavy atom. The number of carbonyl (C=O) groups excluding carboxylic acids is 1. The molecule has 0 aromatic rings. The number of carboxylic acids is 1. The van der Waals surface area contributed by atoms with Crippen molar-refractivity contribution in [3.8, 4) is 0 Å². The third kappa shape index (κ3) is 6.23. The Hall–Kier alpha value is -1.30. The average Bonchev–Trinajstić information content (AvgIpc) is 2.17. The molecular formula is C10H20N2O4. The third-order valence-corrected chi connectivity index (χ3v) is 2.28. The lowest BCUT2D eigenvalue weighted by atomic mass is 10.1. The highest BCUT2D eigenvalue weighted by Gasteiger charge is 2.17. The summed E-state index contributed by atoms with van der Waals surface area (Å²) >= 11 is 0. The molecule has 16 heavy (non-hydrogen) atoms. The quantitative estimate of drug-likeness (QED) is 0.625. The van der Waals surface area contributed by atoms with Crippen molar-refractivity contribution in [3.05, 3.63) is 0 Å². The summed E-state index contributed by atoms with van der Waals surface area (Å²) in [5.41, 5.74) is -0.300. The van der Waals surface area contributed by atoms with Gasteiger partial charge in [-0.25, -0.2) is 4.79 Å². The van der Waals surface area contributed by atoms with Crippen molar-refractivity contribution in [3.63, 3.8) is 0 Å². The molecule has 0 radical (unpaired) electrons. The predicted molar refractivity (Wildman–Crippen MR) is 59.3 cm³/mol. The Labute approximate surface area is 95.4 Å². The second-order valence-corrected chi connectivity index (χ2v) is 4.17. The minimum Gasteiger partial charge on any atom is -0.480 e. The van der Waals surface area contributed by atoms with E-state index in [0.717, 1.165) is 0 Å². The summed E-state index contributed by atoms with van der Waals surface area (Å²) in [7, 11) is 1.60. The lowest BCUT2D eigenvalue weighted by Gasteiger charge is -2.22. The maximum absolute atomic E-state index is 11.2. The minimum absolute atomic E-state index is 0.300. The predicted octanol–water partition coefficient (Wildman–Crippen LogP) is 0.574. The van der Waals surface area contributed by atoms with Crippen LogP contribution >= 0.6 is 0 Å². The van der Waals surface area contributed by atoms with Crippen molar-refractivity contribution in [2.24, 2.45) is 0 Å². The van der Waals surface area contributed by atoms with Crippen LogP contribution in [0.3, 0.4) is 0 Å². The lowest BCUT2D eigenvalue weighted by molar-refractivity contribution is -0.138. The summed E-state index contributed by atoms with van der Waals surface area (Å²) < 4.78 is 5.17. The average molecular weight is 232 g/mol. The molecule has 0 spiro atoms. The van der Waals surface area contributed by atoms with Crippen LogP contribution in [0.15, 0.2) is 0 Å². The van der Waals surface area contributed by atoms with Crippen LogP contribution in [0.4, 0.5) is 4.79 Å². The maximum Gasteiger partial charge on any atom is 0.325 e. The van der Waals surface area contributed by atoms with Crippen LogP contribution in [0.2, 0.25) is 0 Å². The van der Waals surface area contributed by atoms with E-state index in [1.165, 1.54) is 6.92 Å². The fourth-order valence-electron chi connectivity index (χ4n) is 0.889. The van der Waals surface area contributed by atoms with Crippen LogP contribution < -0.4 is 10.6 Å². The maximum atomic E-state index is 11.2. The van der Waals surface area contributed by atoms with Gasteiger partial charge in [-0.3, -0.25) is 4.79 Å². The van der Waals surface area contributed by atoms with Gasteiger partial charge in [-0.1, -0.05) is 0 Å². The molecule has 0 aliphatic carbocycles. The molecule has 3 N–H and O–H groups in total. The molecule has 6 nitrogen and oxygen atoms in total. The number of aliphatic carboxylic acids is 1. The van der Waals surface area contributed by atoms with Gasteiger partial charge in [0.05, 0.1) is 5.60 Å². The van der Waals surface area contributed by atoms with Gasteiger partial charge in [0.15, 0.2) is 0 Å². The van der Waals surface area contributed by atoms with Gasteiger partial charge in [0.1, 0.15) is 6.04 Å². The summed E-state index contributed by atoms with van der Waals surface area (Å²) in [6.45, 7) is 5.65. The van der Waals surface area contributed by atoms with Crippen molar-refractivity contribution in [2.75, 3.05) is 13.7 Å². The second kappa shape index (κ2) is 6.32. The largest absolute Gasteiger partial charge is 0.480 e. The Balaban J connectivity index is 3.79. The molecule has 0 aliphatic heterocycles. The summed E-state index contributed by atoms with van der Waals surface area (Å²) in [5, 5.41) is 13.4. The van der Waals surface area contributed by atoms with Crippen molar-refractivity contribution < 1.29 is 19.4 Å². The number of nitrogens with one attached hydrogen (secondary N) is 2. The standard InChI is InChI=1S/C10H20N2O4/c1-7(8(13)14)12-9(15)11-6-5-10(2,3)16-4/h7H,5-6H2,1-4H3,(H,13,14)(H2,11,12,15). The fourth-order valence-corrected chi connectivity index (χ4v) is 0.889. The van der Waals surface area contributed by atoms with Gasteiger partial charge in [-0.2, -0.15) is 0 Å². The molecule has 1 unspecified atom stereocenters. The topological polar surface area (TPSA) is 87.7 Å². The van der Waals surface area contributed by atoms with Gasteiger partial charge < -0.3 is 20.5 Å². The summed E-state index contributed by atoms with van der Waals surface area (Å²) in [5.74, 6) is -1.06. The zero-order chi connectivity index (χ0) is 12.8. The van der Waals surface area contributed by atoms with Gasteiger partial charge in [0.2, 0.25) is 0 Å². The first-order valence-electron chi connectivity index (χ1n) is 5.11. The van der Waals surface area contributed by atoms with Gasteiger partial charge in [0.25, 0.3) is 0 Å². The SMILES string of the molecule is COC(C)(C)CCNC(=O)NC(C)C(=O)O. The first-order chi connectivity index (χ1) is 7.28. The molecule has 94 valence electrons. The van der Waals surface area contributed by atoms with Crippen molar-refractivity contribution in [1.82, 2.24) is 10.6 Å². The number of urea groups is 1. The molecule has 1 atom stereocenters. The number of rotatable bonds is 6. The van der Waals surface area contributed by atoms with Crippen LogP contribution in [0.1, 0.15) is 27.2 Å². The number of hydrogen-bond acceptors (Lipinski definition) is 3. The van der Waals surface area contributed by atoms with Crippen molar-refractivity contribution in [1.29, 1.82) is 0 Å². The number of carboxylic acid groups (broad SMARTS) is 1. The van der Waals surface area contributed by atoms with E-state index in [-0.39, 0.29) is 5.60 Å². The molecule has 0 fully saturated rings. The highest BCUT2D eigenvalue weighted by atomic mass is 16.5. The van der Waals surface area contributed by atoms with Crippen LogP contribution in [0.25, 0.3) is 0 Å². The zero-order valence-corrected chi connectivity index (χ0v) is 10.2. The van der Waals surface area contributed by atoms with E-state index in [1.807, 2.05) is 13.8 Å². The number of methoxy groups -OCH3 is 1. The lowest BCUT2D eigenvalue weighted by Crippen LogP contribution is -2.45.